The van der Waals surface area contributed by atoms with Crippen LogP contribution in [0.1, 0.15) is 37.1 Å². The van der Waals surface area contributed by atoms with E-state index >= 15 is 0 Å². The van der Waals surface area contributed by atoms with Gasteiger partial charge in [0.05, 0.1) is 31.6 Å². The van der Waals surface area contributed by atoms with E-state index in [1.54, 1.807) is 13.2 Å². The molecule has 31 heavy (non-hydrogen) atoms. The molecule has 2 heterocycles. The lowest BCUT2D eigenvalue weighted by Gasteiger charge is -2.10. The predicted octanol–water partition coefficient (Wildman–Crippen LogP) is 3.36. The van der Waals surface area contributed by atoms with E-state index in [1.165, 1.54) is 28.4 Å². The zero-order chi connectivity index (χ0) is 22.2. The van der Waals surface area contributed by atoms with Crippen molar-refractivity contribution in [2.45, 2.75) is 39.7 Å². The molecule has 8 nitrogen and oxygen atoms in total. The summed E-state index contributed by atoms with van der Waals surface area (Å²) in [6.07, 6.45) is 5.76. The first kappa shape index (κ1) is 22.5. The minimum atomic E-state index is -0.420. The normalized spacial score (nSPS) is 11.2. The monoisotopic (exact) mass is 442 g/mol. The van der Waals surface area contributed by atoms with E-state index in [4.69, 9.17) is 9.47 Å². The maximum Gasteiger partial charge on any atom is 0.262 e. The van der Waals surface area contributed by atoms with E-state index in [0.29, 0.717) is 28.3 Å². The Hall–Kier alpha value is -3.20. The van der Waals surface area contributed by atoms with Crippen molar-refractivity contribution >= 4 is 33.7 Å². The highest BCUT2D eigenvalue weighted by molar-refractivity contribution is 7.18. The number of benzene rings is 1. The summed E-state index contributed by atoms with van der Waals surface area (Å²) in [5, 5.41) is 4.51. The van der Waals surface area contributed by atoms with Crippen molar-refractivity contribution in [2.24, 2.45) is 5.10 Å². The molecular weight excluding hydrogens is 416 g/mol. The molecule has 0 spiro atoms. The molecule has 164 valence electrons. The third-order valence-corrected chi connectivity index (χ3v) is 5.76. The van der Waals surface area contributed by atoms with Crippen LogP contribution in [0.3, 0.4) is 0 Å². The van der Waals surface area contributed by atoms with Crippen molar-refractivity contribution in [3.63, 3.8) is 0 Å². The molecule has 1 aromatic carbocycles. The highest BCUT2D eigenvalue weighted by Crippen LogP contribution is 2.27. The number of nitrogens with zero attached hydrogens (tertiary/aromatic N) is 3. The summed E-state index contributed by atoms with van der Waals surface area (Å²) >= 11 is 1.49. The standard InChI is InChI=1S/C22H26N4O4S/c1-4-6-9-30-18-8-7-15(10-19(18)29-3)12-24-25-20(27)13-26-14-23-21-17(22(26)28)11-16(5-2)31-21/h7-8,10-12,14H,4-6,9,13H2,1-3H3,(H,25,27)/b24-12+. The molecule has 0 unspecified atom stereocenters. The third kappa shape index (κ3) is 5.69. The SMILES string of the molecule is CCCCOc1ccc(/C=N/NC(=O)Cn2cnc3sc(CC)cc3c2=O)cc1OC. The van der Waals surface area contributed by atoms with Gasteiger partial charge in [0.25, 0.3) is 11.5 Å². The lowest BCUT2D eigenvalue weighted by atomic mass is 10.2. The topological polar surface area (TPSA) is 94.8 Å². The Labute approximate surface area is 184 Å². The number of thiophene rings is 1. The number of rotatable bonds is 10. The third-order valence-electron chi connectivity index (χ3n) is 4.58. The predicted molar refractivity (Wildman–Crippen MR) is 122 cm³/mol. The number of aromatic nitrogens is 2. The average molecular weight is 443 g/mol. The number of unbranched alkanes of at least 4 members (excludes halogenated alkanes) is 1. The van der Waals surface area contributed by atoms with Crippen LogP contribution in [0, 0.1) is 0 Å². The van der Waals surface area contributed by atoms with Crippen LogP contribution >= 0.6 is 11.3 Å². The summed E-state index contributed by atoms with van der Waals surface area (Å²) in [6.45, 7) is 4.59. The Bertz CT molecular complexity index is 1140. The number of hydrogen-bond donors (Lipinski definition) is 1. The van der Waals surface area contributed by atoms with Crippen LogP contribution in [0.5, 0.6) is 11.5 Å². The quantitative estimate of drug-likeness (QED) is 0.295. The number of carbonyl (C=O) groups excluding carboxylic acids is 1. The second-order valence-electron chi connectivity index (χ2n) is 6.87. The Morgan fingerprint density at radius 2 is 2.13 bits per heavy atom. The molecule has 0 aliphatic rings. The second-order valence-corrected chi connectivity index (χ2v) is 7.98. The molecule has 9 heteroatoms. The maximum atomic E-state index is 12.6. The van der Waals surface area contributed by atoms with E-state index in [9.17, 15) is 9.59 Å². The number of methoxy groups -OCH3 is 1. The number of ether oxygens (including phenoxy) is 2. The maximum absolute atomic E-state index is 12.6. The van der Waals surface area contributed by atoms with Gasteiger partial charge in [0.1, 0.15) is 11.4 Å². The summed E-state index contributed by atoms with van der Waals surface area (Å²) in [7, 11) is 1.57. The fourth-order valence-corrected chi connectivity index (χ4v) is 3.80. The van der Waals surface area contributed by atoms with Crippen molar-refractivity contribution in [2.75, 3.05) is 13.7 Å². The molecule has 1 N–H and O–H groups in total. The molecule has 1 amide bonds. The molecule has 0 saturated heterocycles. The highest BCUT2D eigenvalue weighted by Gasteiger charge is 2.11. The van der Waals surface area contributed by atoms with E-state index in [1.807, 2.05) is 25.1 Å². The van der Waals surface area contributed by atoms with E-state index in [0.717, 1.165) is 29.7 Å². The van der Waals surface area contributed by atoms with Crippen molar-refractivity contribution in [3.8, 4) is 11.5 Å². The van der Waals surface area contributed by atoms with Crippen LogP contribution in [0.4, 0.5) is 0 Å². The van der Waals surface area contributed by atoms with Gasteiger partial charge in [0, 0.05) is 4.88 Å². The van der Waals surface area contributed by atoms with E-state index in [2.05, 4.69) is 22.4 Å². The molecule has 3 rings (SSSR count). The highest BCUT2D eigenvalue weighted by atomic mass is 32.1. The van der Waals surface area contributed by atoms with Gasteiger partial charge in [-0.15, -0.1) is 11.3 Å². The van der Waals surface area contributed by atoms with Gasteiger partial charge in [-0.25, -0.2) is 10.4 Å². The second kappa shape index (κ2) is 10.7. The minimum absolute atomic E-state index is 0.163. The Balaban J connectivity index is 1.62. The summed E-state index contributed by atoms with van der Waals surface area (Å²) in [5.41, 5.74) is 2.95. The molecule has 0 radical (unpaired) electrons. The Morgan fingerprint density at radius 3 is 2.87 bits per heavy atom. The molecule has 0 bridgehead atoms. The number of aryl methyl sites for hydroxylation is 1. The van der Waals surface area contributed by atoms with Crippen LogP contribution in [0.2, 0.25) is 0 Å². The minimum Gasteiger partial charge on any atom is -0.493 e. The summed E-state index contributed by atoms with van der Waals surface area (Å²) in [5.74, 6) is 0.843. The first-order valence-electron chi connectivity index (χ1n) is 10.2. The number of hydrogen-bond acceptors (Lipinski definition) is 7. The fourth-order valence-electron chi connectivity index (χ4n) is 2.88. The van der Waals surface area contributed by atoms with Gasteiger partial charge in [0.2, 0.25) is 0 Å². The first-order valence-corrected chi connectivity index (χ1v) is 11.0. The molecule has 0 atom stereocenters. The molecule has 3 aromatic rings. The summed E-state index contributed by atoms with van der Waals surface area (Å²) in [6, 6.07) is 7.25. The van der Waals surface area contributed by atoms with Gasteiger partial charge in [-0.05, 0) is 42.7 Å². The van der Waals surface area contributed by atoms with Gasteiger partial charge in [-0.3, -0.25) is 14.2 Å². The average Bonchev–Trinajstić information content (AvgIpc) is 3.21. The van der Waals surface area contributed by atoms with Crippen molar-refractivity contribution in [3.05, 3.63) is 51.4 Å². The van der Waals surface area contributed by atoms with Gasteiger partial charge >= 0.3 is 0 Å². The van der Waals surface area contributed by atoms with Crippen LogP contribution in [0.25, 0.3) is 10.2 Å². The largest absolute Gasteiger partial charge is 0.493 e. The lowest BCUT2D eigenvalue weighted by Crippen LogP contribution is -2.29. The number of amides is 1. The van der Waals surface area contributed by atoms with Gasteiger partial charge in [-0.2, -0.15) is 5.10 Å². The number of nitrogens with one attached hydrogen (secondary N) is 1. The number of hydrazone groups is 1. The van der Waals surface area contributed by atoms with Crippen LogP contribution in [-0.2, 0) is 17.8 Å². The zero-order valence-electron chi connectivity index (χ0n) is 17.9. The van der Waals surface area contributed by atoms with E-state index < -0.39 is 5.91 Å². The Kier molecular flexibility index (Phi) is 7.77. The van der Waals surface area contributed by atoms with Crippen molar-refractivity contribution in [1.29, 1.82) is 0 Å². The number of fused-ring (bicyclic) bond motifs is 1. The molecule has 0 aliphatic heterocycles. The Morgan fingerprint density at radius 1 is 1.29 bits per heavy atom. The zero-order valence-corrected chi connectivity index (χ0v) is 18.7. The van der Waals surface area contributed by atoms with Gasteiger partial charge < -0.3 is 9.47 Å². The lowest BCUT2D eigenvalue weighted by molar-refractivity contribution is -0.121. The molecule has 0 fully saturated rings. The summed E-state index contributed by atoms with van der Waals surface area (Å²) in [4.78, 5) is 30.8. The number of carbonyl (C=O) groups is 1. The van der Waals surface area contributed by atoms with Crippen LogP contribution in [0.15, 0.2) is 40.5 Å². The van der Waals surface area contributed by atoms with Crippen molar-refractivity contribution in [1.82, 2.24) is 15.0 Å². The first-order chi connectivity index (χ1) is 15.0. The van der Waals surface area contributed by atoms with Crippen molar-refractivity contribution < 1.29 is 14.3 Å². The van der Waals surface area contributed by atoms with E-state index in [-0.39, 0.29) is 12.1 Å². The molecule has 2 aromatic heterocycles. The van der Waals surface area contributed by atoms with Gasteiger partial charge in [0.15, 0.2) is 11.5 Å². The van der Waals surface area contributed by atoms with Crippen LogP contribution in [-0.4, -0.2) is 35.4 Å². The molecule has 0 saturated carbocycles. The fraction of sp³-hybridized carbons (Fsp3) is 0.364. The van der Waals surface area contributed by atoms with Gasteiger partial charge in [-0.1, -0.05) is 20.3 Å². The summed E-state index contributed by atoms with van der Waals surface area (Å²) < 4.78 is 12.4. The van der Waals surface area contributed by atoms with Crippen LogP contribution < -0.4 is 20.5 Å². The molecule has 0 aliphatic carbocycles. The molecular formula is C22H26N4O4S. The smallest absolute Gasteiger partial charge is 0.262 e.